The number of amidine groups is 1. The number of nitrogens with one attached hydrogen (secondary N) is 1. The third-order valence-corrected chi connectivity index (χ3v) is 2.50. The third kappa shape index (κ3) is 5.23. The van der Waals surface area contributed by atoms with Crippen molar-refractivity contribution in [2.45, 2.75) is 19.8 Å². The van der Waals surface area contributed by atoms with E-state index in [1.54, 1.807) is 6.07 Å². The lowest BCUT2D eigenvalue weighted by Crippen LogP contribution is -2.26. The second-order valence-electron chi connectivity index (χ2n) is 4.14. The molecular weight excluding hydrogens is 260 g/mol. The molecule has 1 amide bonds. The summed E-state index contributed by atoms with van der Waals surface area (Å²) < 4.78 is 5.31. The molecule has 0 bridgehead atoms. The van der Waals surface area contributed by atoms with Crippen LogP contribution in [0.3, 0.4) is 0 Å². The van der Waals surface area contributed by atoms with Gasteiger partial charge in [-0.1, -0.05) is 12.1 Å². The number of ether oxygens (including phenoxy) is 1. The van der Waals surface area contributed by atoms with Crippen LogP contribution in [0.5, 0.6) is 0 Å². The first-order valence-electron chi connectivity index (χ1n) is 6.49. The molecule has 0 aliphatic heterocycles. The molecule has 0 aliphatic rings. The van der Waals surface area contributed by atoms with Gasteiger partial charge in [-0.2, -0.15) is 0 Å². The zero-order valence-electron chi connectivity index (χ0n) is 11.5. The molecular formula is C13H20N4O3. The number of aromatic nitrogens is 1. The van der Waals surface area contributed by atoms with Crippen LogP contribution in [0, 0.1) is 0 Å². The molecule has 1 aromatic heterocycles. The fourth-order valence-electron chi connectivity index (χ4n) is 1.45. The van der Waals surface area contributed by atoms with E-state index in [1.807, 2.05) is 6.92 Å². The number of pyridine rings is 1. The number of nitrogens with two attached hydrogens (primary N) is 1. The van der Waals surface area contributed by atoms with E-state index in [0.717, 1.165) is 19.4 Å². The predicted molar refractivity (Wildman–Crippen MR) is 74.8 cm³/mol. The minimum absolute atomic E-state index is 0.0440. The summed E-state index contributed by atoms with van der Waals surface area (Å²) in [6.07, 6.45) is 3.13. The van der Waals surface area contributed by atoms with Gasteiger partial charge in [0.25, 0.3) is 5.91 Å². The monoisotopic (exact) mass is 280 g/mol. The second kappa shape index (κ2) is 8.87. The second-order valence-corrected chi connectivity index (χ2v) is 4.14. The van der Waals surface area contributed by atoms with Gasteiger partial charge in [0, 0.05) is 31.5 Å². The average Bonchev–Trinajstić information content (AvgIpc) is 2.50. The Kier molecular flexibility index (Phi) is 7.05. The van der Waals surface area contributed by atoms with Gasteiger partial charge in [-0.05, 0) is 25.0 Å². The Balaban J connectivity index is 2.36. The molecule has 110 valence electrons. The van der Waals surface area contributed by atoms with E-state index < -0.39 is 0 Å². The van der Waals surface area contributed by atoms with Crippen LogP contribution in [0.1, 0.15) is 35.8 Å². The maximum absolute atomic E-state index is 11.8. The van der Waals surface area contributed by atoms with Crippen molar-refractivity contribution in [3.63, 3.8) is 0 Å². The maximum Gasteiger partial charge on any atom is 0.269 e. The molecule has 0 unspecified atom stereocenters. The molecule has 7 heteroatoms. The summed E-state index contributed by atoms with van der Waals surface area (Å²) in [5, 5.41) is 14.1. The highest BCUT2D eigenvalue weighted by molar-refractivity contribution is 5.98. The Hall–Kier alpha value is -2.15. The zero-order chi connectivity index (χ0) is 14.8. The number of hydrogen-bond donors (Lipinski definition) is 3. The van der Waals surface area contributed by atoms with Crippen molar-refractivity contribution >= 4 is 11.7 Å². The first kappa shape index (κ1) is 15.9. The van der Waals surface area contributed by atoms with Gasteiger partial charge in [0.2, 0.25) is 0 Å². The summed E-state index contributed by atoms with van der Waals surface area (Å²) in [5.41, 5.74) is 6.15. The number of oxime groups is 1. The Morgan fingerprint density at radius 3 is 2.90 bits per heavy atom. The van der Waals surface area contributed by atoms with Gasteiger partial charge in [0.1, 0.15) is 5.69 Å². The average molecular weight is 280 g/mol. The summed E-state index contributed by atoms with van der Waals surface area (Å²) in [7, 11) is 0. The van der Waals surface area contributed by atoms with Gasteiger partial charge < -0.3 is 21.0 Å². The van der Waals surface area contributed by atoms with Crippen molar-refractivity contribution < 1.29 is 14.7 Å². The van der Waals surface area contributed by atoms with Crippen molar-refractivity contribution in [1.82, 2.24) is 10.3 Å². The summed E-state index contributed by atoms with van der Waals surface area (Å²) in [6.45, 7) is 3.95. The largest absolute Gasteiger partial charge is 0.409 e. The summed E-state index contributed by atoms with van der Waals surface area (Å²) in [5.74, 6) is -0.302. The Morgan fingerprint density at radius 1 is 1.50 bits per heavy atom. The van der Waals surface area contributed by atoms with Crippen LogP contribution in [-0.4, -0.2) is 41.7 Å². The number of hydrogen-bond acceptors (Lipinski definition) is 5. The van der Waals surface area contributed by atoms with E-state index >= 15 is 0 Å². The van der Waals surface area contributed by atoms with Crippen LogP contribution in [0.2, 0.25) is 0 Å². The Labute approximate surface area is 117 Å². The van der Waals surface area contributed by atoms with Gasteiger partial charge in [-0.3, -0.25) is 9.78 Å². The normalized spacial score (nSPS) is 11.3. The van der Waals surface area contributed by atoms with E-state index in [1.165, 1.54) is 12.3 Å². The molecule has 0 aromatic carbocycles. The van der Waals surface area contributed by atoms with Gasteiger partial charge in [-0.15, -0.1) is 0 Å². The molecule has 0 spiro atoms. The first-order valence-corrected chi connectivity index (χ1v) is 6.49. The number of rotatable bonds is 8. The highest BCUT2D eigenvalue weighted by atomic mass is 16.5. The maximum atomic E-state index is 11.8. The van der Waals surface area contributed by atoms with E-state index in [-0.39, 0.29) is 17.4 Å². The minimum Gasteiger partial charge on any atom is -0.409 e. The van der Waals surface area contributed by atoms with Gasteiger partial charge in [0.15, 0.2) is 5.84 Å². The smallest absolute Gasteiger partial charge is 0.269 e. The SMILES string of the molecule is CCCOCCCNC(=O)c1ccc(/C(N)=N/O)cn1. The van der Waals surface area contributed by atoms with Crippen molar-refractivity contribution in [2.75, 3.05) is 19.8 Å². The van der Waals surface area contributed by atoms with Gasteiger partial charge >= 0.3 is 0 Å². The molecule has 0 saturated heterocycles. The number of carbonyl (C=O) groups excluding carboxylic acids is 1. The quantitative estimate of drug-likeness (QED) is 0.214. The number of nitrogens with zero attached hydrogens (tertiary/aromatic N) is 2. The van der Waals surface area contributed by atoms with E-state index in [9.17, 15) is 4.79 Å². The molecule has 0 atom stereocenters. The Morgan fingerprint density at radius 2 is 2.30 bits per heavy atom. The van der Waals surface area contributed by atoms with Crippen molar-refractivity contribution in [3.05, 3.63) is 29.6 Å². The lowest BCUT2D eigenvalue weighted by Gasteiger charge is -2.05. The predicted octanol–water partition coefficient (Wildman–Crippen LogP) is 0.723. The van der Waals surface area contributed by atoms with Crippen molar-refractivity contribution in [1.29, 1.82) is 0 Å². The topological polar surface area (TPSA) is 110 Å². The highest BCUT2D eigenvalue weighted by Crippen LogP contribution is 2.00. The van der Waals surface area contributed by atoms with E-state index in [4.69, 9.17) is 15.7 Å². The third-order valence-electron chi connectivity index (χ3n) is 2.50. The molecule has 20 heavy (non-hydrogen) atoms. The fourth-order valence-corrected chi connectivity index (χ4v) is 1.45. The Bertz CT molecular complexity index is 445. The zero-order valence-corrected chi connectivity index (χ0v) is 11.5. The number of amides is 1. The molecule has 7 nitrogen and oxygen atoms in total. The summed E-state index contributed by atoms with van der Waals surface area (Å²) >= 11 is 0. The lowest BCUT2D eigenvalue weighted by atomic mass is 10.2. The first-order chi connectivity index (χ1) is 9.69. The van der Waals surface area contributed by atoms with Crippen molar-refractivity contribution in [3.8, 4) is 0 Å². The van der Waals surface area contributed by atoms with E-state index in [2.05, 4.69) is 15.5 Å². The summed E-state index contributed by atoms with van der Waals surface area (Å²) in [6, 6.07) is 3.09. The summed E-state index contributed by atoms with van der Waals surface area (Å²) in [4.78, 5) is 15.7. The van der Waals surface area contributed by atoms with Crippen LogP contribution in [0.15, 0.2) is 23.5 Å². The molecule has 1 aromatic rings. The molecule has 0 fully saturated rings. The van der Waals surface area contributed by atoms with Crippen molar-refractivity contribution in [2.24, 2.45) is 10.9 Å². The van der Waals surface area contributed by atoms with Crippen LogP contribution < -0.4 is 11.1 Å². The molecule has 4 N–H and O–H groups in total. The van der Waals surface area contributed by atoms with Gasteiger partial charge in [0.05, 0.1) is 0 Å². The number of carbonyl (C=O) groups is 1. The van der Waals surface area contributed by atoms with Crippen LogP contribution in [-0.2, 0) is 4.74 Å². The minimum atomic E-state index is -0.258. The molecule has 0 saturated carbocycles. The van der Waals surface area contributed by atoms with Crippen LogP contribution in [0.4, 0.5) is 0 Å². The molecule has 0 radical (unpaired) electrons. The van der Waals surface area contributed by atoms with Gasteiger partial charge in [-0.25, -0.2) is 0 Å². The fraction of sp³-hybridized carbons (Fsp3) is 0.462. The van der Waals surface area contributed by atoms with Crippen LogP contribution in [0.25, 0.3) is 0 Å². The lowest BCUT2D eigenvalue weighted by molar-refractivity contribution is 0.0936. The standard InChI is InChI=1S/C13H20N4O3/c1-2-7-20-8-3-6-15-13(18)11-5-4-10(9-16-11)12(14)17-19/h4-5,9,19H,2-3,6-8H2,1H3,(H2,14,17)(H,15,18). The molecule has 0 aliphatic carbocycles. The van der Waals surface area contributed by atoms with E-state index in [0.29, 0.717) is 18.7 Å². The molecule has 1 rings (SSSR count). The highest BCUT2D eigenvalue weighted by Gasteiger charge is 2.07. The van der Waals surface area contributed by atoms with Crippen LogP contribution >= 0.6 is 0 Å². The molecule has 1 heterocycles.